The molecule has 6 heteroatoms. The van der Waals surface area contributed by atoms with Gasteiger partial charge in [0.2, 0.25) is 11.7 Å². The van der Waals surface area contributed by atoms with E-state index in [0.717, 1.165) is 0 Å². The zero-order valence-electron chi connectivity index (χ0n) is 12.6. The highest BCUT2D eigenvalue weighted by Gasteiger charge is 2.17. The lowest BCUT2D eigenvalue weighted by Crippen LogP contribution is -2.28. The molecule has 0 aliphatic carbocycles. The molecular weight excluding hydrogens is 260 g/mol. The topological polar surface area (TPSA) is 60.0 Å². The van der Waals surface area contributed by atoms with E-state index in [1.165, 1.54) is 0 Å². The molecule has 0 aliphatic rings. The first kappa shape index (κ1) is 16.1. The van der Waals surface area contributed by atoms with Crippen molar-refractivity contribution in [3.05, 3.63) is 12.1 Å². The van der Waals surface area contributed by atoms with Gasteiger partial charge in [0.25, 0.3) is 0 Å². The van der Waals surface area contributed by atoms with Crippen LogP contribution in [0.3, 0.4) is 0 Å². The summed E-state index contributed by atoms with van der Waals surface area (Å²) in [5, 5.41) is 2.95. The van der Waals surface area contributed by atoms with E-state index in [0.29, 0.717) is 35.9 Å². The van der Waals surface area contributed by atoms with Crippen molar-refractivity contribution in [2.24, 2.45) is 0 Å². The van der Waals surface area contributed by atoms with E-state index < -0.39 is 0 Å². The number of amides is 1. The molecule has 6 nitrogen and oxygen atoms in total. The highest BCUT2D eigenvalue weighted by atomic mass is 16.5. The Hall–Kier alpha value is -1.95. The highest BCUT2D eigenvalue weighted by Crippen LogP contribution is 2.40. The number of rotatable bonds is 7. The summed E-state index contributed by atoms with van der Waals surface area (Å²) in [7, 11) is 8.17. The fourth-order valence-electron chi connectivity index (χ4n) is 1.80. The average Bonchev–Trinajstić information content (AvgIpc) is 2.49. The molecule has 1 amide bonds. The third kappa shape index (κ3) is 3.54. The molecule has 1 N–H and O–H groups in total. The molecule has 1 aromatic carbocycles. The summed E-state index contributed by atoms with van der Waals surface area (Å²) in [6.07, 6.45) is 0.420. The Labute approximate surface area is 119 Å². The van der Waals surface area contributed by atoms with Gasteiger partial charge in [-0.1, -0.05) is 0 Å². The van der Waals surface area contributed by atoms with Crippen LogP contribution in [0, 0.1) is 0 Å². The monoisotopic (exact) mass is 282 g/mol. The van der Waals surface area contributed by atoms with Crippen LogP contribution in [-0.2, 0) is 4.79 Å². The minimum Gasteiger partial charge on any atom is -0.493 e. The molecule has 0 bridgehead atoms. The van der Waals surface area contributed by atoms with Crippen LogP contribution in [0.4, 0.5) is 5.69 Å². The van der Waals surface area contributed by atoms with Gasteiger partial charge in [0.05, 0.1) is 27.0 Å². The van der Waals surface area contributed by atoms with Gasteiger partial charge in [-0.25, -0.2) is 0 Å². The SMILES string of the molecule is CNCCC(=O)N(C)c1cc(OC)c(OC)c(OC)c1. The Kier molecular flexibility index (Phi) is 6.11. The molecule has 0 saturated heterocycles. The van der Waals surface area contributed by atoms with Crippen molar-refractivity contribution in [1.82, 2.24) is 5.32 Å². The summed E-state index contributed by atoms with van der Waals surface area (Å²) in [6.45, 7) is 0.633. The molecule has 0 atom stereocenters. The van der Waals surface area contributed by atoms with Crippen molar-refractivity contribution in [1.29, 1.82) is 0 Å². The summed E-state index contributed by atoms with van der Waals surface area (Å²) in [6, 6.07) is 3.50. The van der Waals surface area contributed by atoms with E-state index in [9.17, 15) is 4.79 Å². The molecular formula is C14H22N2O4. The minimum atomic E-state index is 0.00798. The quantitative estimate of drug-likeness (QED) is 0.816. The van der Waals surface area contributed by atoms with Gasteiger partial charge in [-0.15, -0.1) is 0 Å². The Morgan fingerprint density at radius 2 is 1.70 bits per heavy atom. The molecule has 112 valence electrons. The second-order valence-corrected chi connectivity index (χ2v) is 4.19. The fraction of sp³-hybridized carbons (Fsp3) is 0.500. The second-order valence-electron chi connectivity index (χ2n) is 4.19. The van der Waals surface area contributed by atoms with Crippen LogP contribution in [0.2, 0.25) is 0 Å². The largest absolute Gasteiger partial charge is 0.493 e. The van der Waals surface area contributed by atoms with Gasteiger partial charge in [-0.05, 0) is 7.05 Å². The number of ether oxygens (including phenoxy) is 3. The number of hydrogen-bond donors (Lipinski definition) is 1. The normalized spacial score (nSPS) is 10.1. The summed E-state index contributed by atoms with van der Waals surface area (Å²) in [5.74, 6) is 1.56. The van der Waals surface area contributed by atoms with Crippen molar-refractivity contribution >= 4 is 11.6 Å². The molecule has 0 aromatic heterocycles. The zero-order chi connectivity index (χ0) is 15.1. The summed E-state index contributed by atoms with van der Waals surface area (Å²) >= 11 is 0. The number of methoxy groups -OCH3 is 3. The Balaban J connectivity index is 3.09. The summed E-state index contributed by atoms with van der Waals surface area (Å²) in [4.78, 5) is 13.6. The Bertz CT molecular complexity index is 437. The maximum Gasteiger partial charge on any atom is 0.228 e. The maximum absolute atomic E-state index is 12.0. The number of benzene rings is 1. The van der Waals surface area contributed by atoms with Crippen molar-refractivity contribution in [2.45, 2.75) is 6.42 Å². The molecule has 0 spiro atoms. The Morgan fingerprint density at radius 1 is 1.15 bits per heavy atom. The molecule has 0 heterocycles. The predicted molar refractivity (Wildman–Crippen MR) is 78.1 cm³/mol. The van der Waals surface area contributed by atoms with E-state index >= 15 is 0 Å². The molecule has 20 heavy (non-hydrogen) atoms. The minimum absolute atomic E-state index is 0.00798. The molecule has 0 fully saturated rings. The molecule has 0 aliphatic heterocycles. The summed E-state index contributed by atoms with van der Waals surface area (Å²) in [5.41, 5.74) is 0.695. The van der Waals surface area contributed by atoms with Gasteiger partial charge in [-0.2, -0.15) is 0 Å². The molecule has 0 saturated carbocycles. The predicted octanol–water partition coefficient (Wildman–Crippen LogP) is 1.28. The average molecular weight is 282 g/mol. The van der Waals surface area contributed by atoms with Gasteiger partial charge < -0.3 is 24.4 Å². The number of carbonyl (C=O) groups excluding carboxylic acids is 1. The number of carbonyl (C=O) groups is 1. The first-order valence-electron chi connectivity index (χ1n) is 6.30. The van der Waals surface area contributed by atoms with Crippen molar-refractivity contribution in [2.75, 3.05) is 46.9 Å². The second kappa shape index (κ2) is 7.59. The number of nitrogens with zero attached hydrogens (tertiary/aromatic N) is 1. The van der Waals surface area contributed by atoms with E-state index in [4.69, 9.17) is 14.2 Å². The summed E-state index contributed by atoms with van der Waals surface area (Å²) < 4.78 is 15.8. The van der Waals surface area contributed by atoms with Crippen molar-refractivity contribution in [3.63, 3.8) is 0 Å². The molecule has 0 radical (unpaired) electrons. The van der Waals surface area contributed by atoms with Crippen LogP contribution in [0.1, 0.15) is 6.42 Å². The first-order chi connectivity index (χ1) is 9.58. The first-order valence-corrected chi connectivity index (χ1v) is 6.30. The highest BCUT2D eigenvalue weighted by molar-refractivity contribution is 5.93. The van der Waals surface area contributed by atoms with E-state index in [1.54, 1.807) is 45.4 Å². The molecule has 1 aromatic rings. The van der Waals surface area contributed by atoms with Crippen LogP contribution >= 0.6 is 0 Å². The lowest BCUT2D eigenvalue weighted by atomic mass is 10.2. The molecule has 1 rings (SSSR count). The van der Waals surface area contributed by atoms with Crippen LogP contribution in [0.15, 0.2) is 12.1 Å². The number of hydrogen-bond acceptors (Lipinski definition) is 5. The van der Waals surface area contributed by atoms with Gasteiger partial charge in [0.15, 0.2) is 11.5 Å². The van der Waals surface area contributed by atoms with Crippen molar-refractivity contribution < 1.29 is 19.0 Å². The van der Waals surface area contributed by atoms with Gasteiger partial charge in [0.1, 0.15) is 0 Å². The van der Waals surface area contributed by atoms with Crippen LogP contribution in [0.25, 0.3) is 0 Å². The third-order valence-corrected chi connectivity index (χ3v) is 3.00. The van der Waals surface area contributed by atoms with Gasteiger partial charge in [-0.3, -0.25) is 4.79 Å². The van der Waals surface area contributed by atoms with Crippen LogP contribution in [0.5, 0.6) is 17.2 Å². The van der Waals surface area contributed by atoms with Crippen LogP contribution in [-0.4, -0.2) is 47.9 Å². The maximum atomic E-state index is 12.0. The van der Waals surface area contributed by atoms with E-state index in [-0.39, 0.29) is 5.91 Å². The molecule has 0 unspecified atom stereocenters. The number of nitrogens with one attached hydrogen (secondary N) is 1. The lowest BCUT2D eigenvalue weighted by molar-refractivity contribution is -0.118. The van der Waals surface area contributed by atoms with Crippen molar-refractivity contribution in [3.8, 4) is 17.2 Å². The van der Waals surface area contributed by atoms with E-state index in [1.807, 2.05) is 7.05 Å². The number of anilines is 1. The zero-order valence-corrected chi connectivity index (χ0v) is 12.6. The lowest BCUT2D eigenvalue weighted by Gasteiger charge is -2.20. The van der Waals surface area contributed by atoms with E-state index in [2.05, 4.69) is 5.32 Å². The standard InChI is InChI=1S/C14H22N2O4/c1-15-7-6-13(17)16(2)10-8-11(18-3)14(20-5)12(9-10)19-4/h8-9,15H,6-7H2,1-5H3. The third-order valence-electron chi connectivity index (χ3n) is 3.00. The Morgan fingerprint density at radius 3 is 2.10 bits per heavy atom. The van der Waals surface area contributed by atoms with Gasteiger partial charge in [0, 0.05) is 32.1 Å². The van der Waals surface area contributed by atoms with Crippen LogP contribution < -0.4 is 24.4 Å². The smallest absolute Gasteiger partial charge is 0.228 e. The fourth-order valence-corrected chi connectivity index (χ4v) is 1.80. The van der Waals surface area contributed by atoms with Gasteiger partial charge >= 0.3 is 0 Å².